The molecule has 0 bridgehead atoms. The fourth-order valence-corrected chi connectivity index (χ4v) is 9.10. The molecule has 0 aromatic rings. The lowest BCUT2D eigenvalue weighted by Gasteiger charge is -2.44. The second-order valence-corrected chi connectivity index (χ2v) is 10.9. The van der Waals surface area contributed by atoms with Crippen LogP contribution in [-0.2, 0) is 9.22 Å². The summed E-state index contributed by atoms with van der Waals surface area (Å²) in [4.78, 5) is 12.1. The Morgan fingerprint density at radius 1 is 0.895 bits per heavy atom. The van der Waals surface area contributed by atoms with E-state index in [1.165, 1.54) is 0 Å². The highest BCUT2D eigenvalue weighted by molar-refractivity contribution is 6.79. The highest BCUT2D eigenvalue weighted by Crippen LogP contribution is 2.47. The van der Waals surface area contributed by atoms with Crippen LogP contribution >= 0.6 is 0 Å². The molecule has 3 unspecified atom stereocenters. The lowest BCUT2D eigenvalue weighted by Crippen LogP contribution is -2.51. The number of hydrogen-bond donors (Lipinski definition) is 0. The van der Waals surface area contributed by atoms with Gasteiger partial charge in [0.1, 0.15) is 0 Å². The molecule has 0 aliphatic carbocycles. The fourth-order valence-electron chi connectivity index (χ4n) is 3.17. The molecule has 0 rings (SSSR count). The van der Waals surface area contributed by atoms with E-state index in [0.29, 0.717) is 23.0 Å². The van der Waals surface area contributed by atoms with Crippen molar-refractivity contribution in [3.63, 3.8) is 0 Å². The molecule has 3 atom stereocenters. The number of carbonyl (C=O) groups excluding carboxylic acids is 1. The first-order chi connectivity index (χ1) is 8.90. The summed E-state index contributed by atoms with van der Waals surface area (Å²) < 4.78 is 6.24. The molecule has 19 heavy (non-hydrogen) atoms. The lowest BCUT2D eigenvalue weighted by molar-refractivity contribution is -0.135. The van der Waals surface area contributed by atoms with Gasteiger partial charge in [-0.1, -0.05) is 67.7 Å². The first-order valence-corrected chi connectivity index (χ1v) is 10.3. The van der Waals surface area contributed by atoms with Crippen LogP contribution in [0, 0.1) is 0 Å². The summed E-state index contributed by atoms with van der Waals surface area (Å²) in [5, 5.41) is 0. The van der Waals surface area contributed by atoms with E-state index in [-0.39, 0.29) is 5.97 Å². The zero-order valence-electron chi connectivity index (χ0n) is 14.1. The van der Waals surface area contributed by atoms with Gasteiger partial charge in [-0.25, -0.2) is 0 Å². The predicted octanol–water partition coefficient (Wildman–Crippen LogP) is 5.68. The van der Waals surface area contributed by atoms with Crippen molar-refractivity contribution in [3.8, 4) is 0 Å². The fraction of sp³-hybridized carbons (Fsp3) is 0.938. The molecule has 0 saturated carbocycles. The van der Waals surface area contributed by atoms with Gasteiger partial charge in [0.05, 0.1) is 0 Å². The molecule has 3 heteroatoms. The molecule has 0 aromatic heterocycles. The van der Waals surface area contributed by atoms with Crippen molar-refractivity contribution in [2.75, 3.05) is 0 Å². The summed E-state index contributed by atoms with van der Waals surface area (Å²) in [7, 11) is -2.06. The maximum Gasteiger partial charge on any atom is 0.292 e. The SMILES string of the molecule is CCCC(=O)O[Si](C(C)CC)(C(C)CC)C(C)CC. The molecule has 2 nitrogen and oxygen atoms in total. The summed E-state index contributed by atoms with van der Waals surface area (Å²) in [6, 6.07) is 0. The molecule has 0 N–H and O–H groups in total. The quantitative estimate of drug-likeness (QED) is 0.510. The minimum atomic E-state index is -2.06. The van der Waals surface area contributed by atoms with Gasteiger partial charge in [-0.15, -0.1) is 0 Å². The van der Waals surface area contributed by atoms with Gasteiger partial charge in [-0.3, -0.25) is 4.79 Å². The number of hydrogen-bond acceptors (Lipinski definition) is 2. The van der Waals surface area contributed by atoms with Gasteiger partial charge in [0.2, 0.25) is 0 Å². The third kappa shape index (κ3) is 4.33. The van der Waals surface area contributed by atoms with Crippen molar-refractivity contribution in [1.82, 2.24) is 0 Å². The first-order valence-electron chi connectivity index (χ1n) is 8.12. The van der Waals surface area contributed by atoms with Crippen LogP contribution < -0.4 is 0 Å². The highest BCUT2D eigenvalue weighted by atomic mass is 28.4. The van der Waals surface area contributed by atoms with E-state index in [4.69, 9.17) is 4.43 Å². The summed E-state index contributed by atoms with van der Waals surface area (Å²) in [6.45, 7) is 15.6. The molecule has 0 saturated heterocycles. The Hall–Kier alpha value is -0.313. The van der Waals surface area contributed by atoms with Gasteiger partial charge in [0.15, 0.2) is 0 Å². The summed E-state index contributed by atoms with van der Waals surface area (Å²) >= 11 is 0. The number of rotatable bonds is 9. The van der Waals surface area contributed by atoms with E-state index in [0.717, 1.165) is 25.7 Å². The minimum Gasteiger partial charge on any atom is -0.518 e. The highest BCUT2D eigenvalue weighted by Gasteiger charge is 2.51. The zero-order valence-corrected chi connectivity index (χ0v) is 15.1. The van der Waals surface area contributed by atoms with Gasteiger partial charge >= 0.3 is 0 Å². The Bertz CT molecular complexity index is 239. The Morgan fingerprint density at radius 3 is 1.53 bits per heavy atom. The standard InChI is InChI=1S/C16H34O2Si/c1-8-12-16(17)18-19(13(5)9-2,14(6)10-3)15(7)11-4/h13-15H,8-12H2,1-7H3. The molecule has 0 radical (unpaired) electrons. The van der Waals surface area contributed by atoms with Crippen LogP contribution in [0.15, 0.2) is 0 Å². The van der Waals surface area contributed by atoms with Crippen LogP contribution in [0.5, 0.6) is 0 Å². The van der Waals surface area contributed by atoms with E-state index >= 15 is 0 Å². The Morgan fingerprint density at radius 2 is 1.26 bits per heavy atom. The second kappa shape index (κ2) is 8.78. The smallest absolute Gasteiger partial charge is 0.292 e. The summed E-state index contributed by atoms with van der Waals surface area (Å²) in [5.41, 5.74) is 1.62. The Kier molecular flexibility index (Phi) is 8.63. The molecule has 0 spiro atoms. The van der Waals surface area contributed by atoms with Crippen LogP contribution in [0.25, 0.3) is 0 Å². The third-order valence-electron chi connectivity index (χ3n) is 4.89. The zero-order chi connectivity index (χ0) is 15.1. The molecule has 0 aliphatic rings. The Balaban J connectivity index is 5.41. The first kappa shape index (κ1) is 18.7. The molecule has 0 aromatic carbocycles. The molecule has 0 fully saturated rings. The predicted molar refractivity (Wildman–Crippen MR) is 85.9 cm³/mol. The van der Waals surface area contributed by atoms with Crippen molar-refractivity contribution < 1.29 is 9.22 Å². The van der Waals surface area contributed by atoms with Crippen molar-refractivity contribution in [2.45, 2.75) is 97.2 Å². The largest absolute Gasteiger partial charge is 0.518 e. The van der Waals surface area contributed by atoms with Crippen LogP contribution in [0.1, 0.15) is 80.6 Å². The van der Waals surface area contributed by atoms with Crippen molar-refractivity contribution in [1.29, 1.82) is 0 Å². The average Bonchev–Trinajstić information content (AvgIpc) is 2.42. The molecular formula is C16H34O2Si. The van der Waals surface area contributed by atoms with Gasteiger partial charge in [-0.05, 0) is 23.0 Å². The lowest BCUT2D eigenvalue weighted by atomic mass is 10.3. The van der Waals surface area contributed by atoms with Gasteiger partial charge < -0.3 is 4.43 Å². The minimum absolute atomic E-state index is 0.0371. The van der Waals surface area contributed by atoms with E-state index in [9.17, 15) is 4.79 Å². The molecule has 0 heterocycles. The van der Waals surface area contributed by atoms with Gasteiger partial charge in [0, 0.05) is 6.42 Å². The van der Waals surface area contributed by atoms with E-state index in [1.807, 2.05) is 6.92 Å². The average molecular weight is 287 g/mol. The Labute approximate surface area is 121 Å². The maximum absolute atomic E-state index is 12.1. The van der Waals surface area contributed by atoms with Crippen molar-refractivity contribution in [3.05, 3.63) is 0 Å². The van der Waals surface area contributed by atoms with E-state index < -0.39 is 8.32 Å². The van der Waals surface area contributed by atoms with Gasteiger partial charge in [0.25, 0.3) is 14.3 Å². The van der Waals surface area contributed by atoms with Crippen LogP contribution in [-0.4, -0.2) is 14.3 Å². The van der Waals surface area contributed by atoms with Crippen LogP contribution in [0.2, 0.25) is 16.6 Å². The van der Waals surface area contributed by atoms with E-state index in [2.05, 4.69) is 41.5 Å². The normalized spacial score (nSPS) is 19.3. The molecule has 114 valence electrons. The molecule has 0 aliphatic heterocycles. The second-order valence-electron chi connectivity index (χ2n) is 6.01. The van der Waals surface area contributed by atoms with Crippen molar-refractivity contribution in [2.24, 2.45) is 0 Å². The third-order valence-corrected chi connectivity index (χ3v) is 11.3. The van der Waals surface area contributed by atoms with Crippen LogP contribution in [0.3, 0.4) is 0 Å². The summed E-state index contributed by atoms with van der Waals surface area (Å²) in [5.74, 6) is 0.0371. The molecule has 0 amide bonds. The van der Waals surface area contributed by atoms with Crippen LogP contribution in [0.4, 0.5) is 0 Å². The van der Waals surface area contributed by atoms with Crippen molar-refractivity contribution >= 4 is 14.3 Å². The topological polar surface area (TPSA) is 26.3 Å². The monoisotopic (exact) mass is 286 g/mol. The van der Waals surface area contributed by atoms with E-state index in [1.54, 1.807) is 0 Å². The summed E-state index contributed by atoms with van der Waals surface area (Å²) in [6.07, 6.45) is 4.78. The molecular weight excluding hydrogens is 252 g/mol. The number of carbonyl (C=O) groups is 1. The maximum atomic E-state index is 12.1. The van der Waals surface area contributed by atoms with Gasteiger partial charge in [-0.2, -0.15) is 0 Å².